The maximum atomic E-state index is 13.6. The van der Waals surface area contributed by atoms with E-state index in [0.717, 1.165) is 10.1 Å². The second kappa shape index (κ2) is 21.5. The van der Waals surface area contributed by atoms with Crippen molar-refractivity contribution in [3.8, 4) is 11.5 Å². The molecule has 3 amide bonds. The molecule has 6 rings (SSSR count). The summed E-state index contributed by atoms with van der Waals surface area (Å²) < 4.78 is 68.3. The van der Waals surface area contributed by atoms with Gasteiger partial charge in [-0.1, -0.05) is 85.6 Å². The molecule has 18 heteroatoms. The zero-order valence-electron chi connectivity index (χ0n) is 35.0. The molecule has 1 fully saturated rings. The number of benzene rings is 4. The Morgan fingerprint density at radius 1 is 0.750 bits per heavy atom. The minimum absolute atomic E-state index is 0.0573. The summed E-state index contributed by atoms with van der Waals surface area (Å²) in [6.45, 7) is -0.348. The highest BCUT2D eigenvalue weighted by Crippen LogP contribution is 2.43. The monoisotopic (exact) mass is 887 g/mol. The molecule has 1 saturated heterocycles. The van der Waals surface area contributed by atoms with E-state index in [0.29, 0.717) is 53.9 Å². The number of aromatic nitrogens is 2. The Hall–Kier alpha value is -6.76. The van der Waals surface area contributed by atoms with Crippen molar-refractivity contribution in [2.75, 3.05) is 39.2 Å². The van der Waals surface area contributed by atoms with Gasteiger partial charge in [-0.15, -0.1) is 0 Å². The van der Waals surface area contributed by atoms with Crippen LogP contribution in [0, 0.1) is 0 Å². The van der Waals surface area contributed by atoms with E-state index < -0.39 is 59.9 Å². The minimum atomic E-state index is -4.95. The smallest absolute Gasteiger partial charge is 0.471 e. The van der Waals surface area contributed by atoms with Gasteiger partial charge in [-0.3, -0.25) is 14.2 Å². The average molecular weight is 888 g/mol. The first kappa shape index (κ1) is 46.7. The van der Waals surface area contributed by atoms with Crippen molar-refractivity contribution >= 4 is 23.7 Å². The number of aliphatic hydroxyl groups excluding tert-OH is 1. The van der Waals surface area contributed by atoms with Crippen LogP contribution in [-0.4, -0.2) is 91.0 Å². The van der Waals surface area contributed by atoms with Gasteiger partial charge in [0, 0.05) is 24.8 Å². The third-order valence-corrected chi connectivity index (χ3v) is 10.5. The number of unbranched alkanes of at least 4 members (excludes halogenated alkanes) is 3. The van der Waals surface area contributed by atoms with Crippen LogP contribution in [0.3, 0.4) is 0 Å². The van der Waals surface area contributed by atoms with Gasteiger partial charge in [0.15, 0.2) is 12.3 Å². The molecule has 1 aliphatic rings. The molecule has 4 aromatic carbocycles. The van der Waals surface area contributed by atoms with E-state index in [-0.39, 0.29) is 25.5 Å². The highest BCUT2D eigenvalue weighted by atomic mass is 19.4. The molecule has 0 bridgehead atoms. The van der Waals surface area contributed by atoms with E-state index in [9.17, 15) is 37.5 Å². The number of methoxy groups -OCH3 is 2. The highest BCUT2D eigenvalue weighted by Gasteiger charge is 2.49. The van der Waals surface area contributed by atoms with Gasteiger partial charge in [0.25, 0.3) is 5.91 Å². The maximum absolute atomic E-state index is 13.6. The number of alkyl carbamates (subject to hydrolysis) is 1. The summed E-state index contributed by atoms with van der Waals surface area (Å²) in [7, 11) is 3.11. The van der Waals surface area contributed by atoms with Gasteiger partial charge in [-0.05, 0) is 72.0 Å². The zero-order valence-corrected chi connectivity index (χ0v) is 35.0. The van der Waals surface area contributed by atoms with Crippen LogP contribution in [0.1, 0.15) is 59.0 Å². The number of hydrogen-bond donors (Lipinski definition) is 4. The normalized spacial score (nSPS) is 17.3. The molecule has 0 radical (unpaired) electrons. The van der Waals surface area contributed by atoms with E-state index in [2.05, 4.69) is 15.6 Å². The summed E-state index contributed by atoms with van der Waals surface area (Å²) in [4.78, 5) is 54.7. The molecule has 0 saturated carbocycles. The van der Waals surface area contributed by atoms with Crippen LogP contribution in [0.4, 0.5) is 23.8 Å². The lowest BCUT2D eigenvalue weighted by Gasteiger charge is -2.37. The molecular weight excluding hydrogens is 840 g/mol. The van der Waals surface area contributed by atoms with Crippen LogP contribution in [0.5, 0.6) is 11.5 Å². The number of nitrogens with one attached hydrogen (secondary N) is 3. The molecule has 0 unspecified atom stereocenters. The first-order valence-corrected chi connectivity index (χ1v) is 20.4. The number of carbonyl (C=O) groups excluding carboxylic acids is 3. The number of hydrogen-bond acceptors (Lipinski definition) is 11. The predicted octanol–water partition coefficient (Wildman–Crippen LogP) is 6.11. The second-order valence-corrected chi connectivity index (χ2v) is 14.7. The number of nitrogens with zero attached hydrogens (tertiary/aromatic N) is 2. The lowest BCUT2D eigenvalue weighted by Crippen LogP contribution is -2.43. The van der Waals surface area contributed by atoms with Crippen LogP contribution >= 0.6 is 0 Å². The van der Waals surface area contributed by atoms with Gasteiger partial charge in [0.1, 0.15) is 35.1 Å². The predicted molar refractivity (Wildman–Crippen MR) is 227 cm³/mol. The number of carbonyl (C=O) groups is 3. The first-order chi connectivity index (χ1) is 30.8. The van der Waals surface area contributed by atoms with E-state index in [1.165, 1.54) is 12.3 Å². The summed E-state index contributed by atoms with van der Waals surface area (Å²) in [5.74, 6) is -1.35. The number of halogens is 3. The summed E-state index contributed by atoms with van der Waals surface area (Å²) in [5.41, 5.74) is 0.237. The maximum Gasteiger partial charge on any atom is 0.471 e. The van der Waals surface area contributed by atoms with Crippen LogP contribution in [0.2, 0.25) is 0 Å². The van der Waals surface area contributed by atoms with Crippen molar-refractivity contribution < 1.29 is 56.3 Å². The SMILES string of the molecule is COc1ccc(C(OC[C@H]2O[C@@H](n3ccc(NC(=O)c4ccccc4)nc3=O)[C@H](OC(=O)NCCCCCCNC(=O)C(F)(F)F)[C@@H]2O)(c2ccccc2)c2ccc(OC)cc2)cc1. The molecule has 2 heterocycles. The Labute approximate surface area is 366 Å². The van der Waals surface area contributed by atoms with E-state index in [1.807, 2.05) is 59.9 Å². The van der Waals surface area contributed by atoms with Crippen molar-refractivity contribution in [1.29, 1.82) is 0 Å². The van der Waals surface area contributed by atoms with Crippen molar-refractivity contribution in [1.82, 2.24) is 20.2 Å². The summed E-state index contributed by atoms with van der Waals surface area (Å²) in [6, 6.07) is 33.7. The molecule has 1 aromatic heterocycles. The fourth-order valence-electron chi connectivity index (χ4n) is 7.20. The van der Waals surface area contributed by atoms with Crippen molar-refractivity contribution in [2.24, 2.45) is 0 Å². The lowest BCUT2D eigenvalue weighted by atomic mass is 9.80. The molecule has 338 valence electrons. The van der Waals surface area contributed by atoms with Gasteiger partial charge in [-0.2, -0.15) is 18.2 Å². The Kier molecular flexibility index (Phi) is 15.7. The average Bonchev–Trinajstić information content (AvgIpc) is 3.61. The van der Waals surface area contributed by atoms with Crippen LogP contribution in [-0.2, 0) is 24.6 Å². The van der Waals surface area contributed by atoms with Gasteiger partial charge < -0.3 is 44.7 Å². The molecule has 0 aliphatic carbocycles. The number of alkyl halides is 3. The van der Waals surface area contributed by atoms with Crippen molar-refractivity contribution in [3.63, 3.8) is 0 Å². The Bertz CT molecular complexity index is 2320. The standard InChI is InChI=1S/C46H48F3N5O10/c1-60-34-21-17-32(18-22-34)45(31-15-9-6-10-16-31,33-19-23-35(61-2)24-20-33)62-29-36-38(55)39(64-44(59)51-27-12-4-3-11-26-50-42(57)46(47,48)49)41(63-36)54-28-25-37(53-43(54)58)52-40(56)30-13-7-5-8-14-30/h5-10,13-25,28,36,38-39,41,55H,3-4,11-12,26-27,29H2,1-2H3,(H,50,57)(H,51,59)(H,52,53,56,58)/t36-,38-,39-,41-/m1/s1. The summed E-state index contributed by atoms with van der Waals surface area (Å²) >= 11 is 0. The summed E-state index contributed by atoms with van der Waals surface area (Å²) in [6.07, 6.45) is -8.57. The largest absolute Gasteiger partial charge is 0.497 e. The number of amides is 3. The van der Waals surface area contributed by atoms with Crippen LogP contribution in [0.15, 0.2) is 126 Å². The van der Waals surface area contributed by atoms with Gasteiger partial charge in [0.05, 0.1) is 20.8 Å². The minimum Gasteiger partial charge on any atom is -0.497 e. The number of ether oxygens (including phenoxy) is 5. The third kappa shape index (κ3) is 11.4. The molecule has 15 nitrogen and oxygen atoms in total. The Morgan fingerprint density at radius 3 is 1.84 bits per heavy atom. The second-order valence-electron chi connectivity index (χ2n) is 14.7. The fraction of sp³-hybridized carbons (Fsp3) is 0.326. The molecule has 64 heavy (non-hydrogen) atoms. The van der Waals surface area contributed by atoms with Crippen molar-refractivity contribution in [3.05, 3.63) is 154 Å². The van der Waals surface area contributed by atoms with Gasteiger partial charge in [0.2, 0.25) is 0 Å². The third-order valence-electron chi connectivity index (χ3n) is 10.5. The molecule has 5 aromatic rings. The van der Waals surface area contributed by atoms with E-state index >= 15 is 0 Å². The lowest BCUT2D eigenvalue weighted by molar-refractivity contribution is -0.173. The van der Waals surface area contributed by atoms with E-state index in [1.54, 1.807) is 68.8 Å². The first-order valence-electron chi connectivity index (χ1n) is 20.4. The molecule has 4 N–H and O–H groups in total. The molecular formula is C46H48F3N5O10. The van der Waals surface area contributed by atoms with Crippen LogP contribution < -0.4 is 31.1 Å². The Morgan fingerprint density at radius 2 is 1.30 bits per heavy atom. The van der Waals surface area contributed by atoms with Crippen molar-refractivity contribution in [2.45, 2.75) is 62.0 Å². The highest BCUT2D eigenvalue weighted by molar-refractivity contribution is 6.03. The van der Waals surface area contributed by atoms with Gasteiger partial charge in [-0.25, -0.2) is 9.59 Å². The molecule has 4 atom stereocenters. The topological polar surface area (TPSA) is 189 Å². The number of rotatable bonds is 19. The zero-order chi connectivity index (χ0) is 45.7. The molecule has 1 aliphatic heterocycles. The molecule has 0 spiro atoms. The fourth-order valence-corrected chi connectivity index (χ4v) is 7.20. The van der Waals surface area contributed by atoms with E-state index in [4.69, 9.17) is 23.7 Å². The number of aliphatic hydroxyl groups is 1. The number of anilines is 1. The summed E-state index contributed by atoms with van der Waals surface area (Å²) in [5, 5.41) is 18.9. The quantitative estimate of drug-likeness (QED) is 0.0553. The Balaban J connectivity index is 1.24. The van der Waals surface area contributed by atoms with Crippen LogP contribution in [0.25, 0.3) is 0 Å². The van der Waals surface area contributed by atoms with Gasteiger partial charge >= 0.3 is 23.9 Å².